The molecule has 3 aromatic rings. The second kappa shape index (κ2) is 7.07. The molecule has 23 heavy (non-hydrogen) atoms. The van der Waals surface area contributed by atoms with Crippen LogP contribution < -0.4 is 10.1 Å². The number of rotatable bonds is 5. The molecule has 0 fully saturated rings. The molecule has 1 amide bonds. The molecular weight excluding hydrogens is 308 g/mol. The van der Waals surface area contributed by atoms with E-state index in [-0.39, 0.29) is 5.91 Å². The van der Waals surface area contributed by atoms with Gasteiger partial charge in [-0.15, -0.1) is 0 Å². The van der Waals surface area contributed by atoms with Crippen molar-refractivity contribution >= 4 is 38.7 Å². The van der Waals surface area contributed by atoms with Gasteiger partial charge in [0.1, 0.15) is 5.75 Å². The van der Waals surface area contributed by atoms with E-state index in [1.54, 1.807) is 6.08 Å². The Balaban J connectivity index is 1.64. The Hall–Kier alpha value is -2.66. The molecule has 3 rings (SSSR count). The van der Waals surface area contributed by atoms with Crippen LogP contribution in [-0.4, -0.2) is 17.5 Å². The van der Waals surface area contributed by atoms with Crippen LogP contribution in [0.3, 0.4) is 0 Å². The quantitative estimate of drug-likeness (QED) is 0.710. The van der Waals surface area contributed by atoms with Crippen molar-refractivity contribution in [3.05, 3.63) is 60.2 Å². The third-order valence-corrected chi connectivity index (χ3v) is 4.09. The molecule has 0 bridgehead atoms. The summed E-state index contributed by atoms with van der Waals surface area (Å²) < 4.78 is 6.44. The zero-order chi connectivity index (χ0) is 16.1. The minimum atomic E-state index is -0.196. The SMILES string of the molecule is CCOc1ccc(/C=C/C(=O)Nc2nc3ccccc3s2)cc1. The number of anilines is 1. The number of ether oxygens (including phenoxy) is 1. The van der Waals surface area contributed by atoms with E-state index in [9.17, 15) is 4.79 Å². The first-order valence-corrected chi connectivity index (χ1v) is 8.14. The minimum Gasteiger partial charge on any atom is -0.494 e. The highest BCUT2D eigenvalue weighted by Crippen LogP contribution is 2.25. The van der Waals surface area contributed by atoms with E-state index in [4.69, 9.17) is 4.74 Å². The summed E-state index contributed by atoms with van der Waals surface area (Å²) in [5, 5.41) is 3.39. The number of amides is 1. The van der Waals surface area contributed by atoms with Gasteiger partial charge < -0.3 is 4.74 Å². The highest BCUT2D eigenvalue weighted by Gasteiger charge is 2.04. The van der Waals surface area contributed by atoms with Crippen molar-refractivity contribution in [2.75, 3.05) is 11.9 Å². The van der Waals surface area contributed by atoms with Crippen LogP contribution in [0.5, 0.6) is 5.75 Å². The number of carbonyl (C=O) groups is 1. The number of fused-ring (bicyclic) bond motifs is 1. The fraction of sp³-hybridized carbons (Fsp3) is 0.111. The maximum absolute atomic E-state index is 12.0. The lowest BCUT2D eigenvalue weighted by Crippen LogP contribution is -2.07. The van der Waals surface area contributed by atoms with Crippen LogP contribution in [0.4, 0.5) is 5.13 Å². The Kier molecular flexibility index (Phi) is 4.68. The number of para-hydroxylation sites is 1. The summed E-state index contributed by atoms with van der Waals surface area (Å²) in [6.45, 7) is 2.58. The third-order valence-electron chi connectivity index (χ3n) is 3.14. The van der Waals surface area contributed by atoms with Crippen LogP contribution in [-0.2, 0) is 4.79 Å². The molecular formula is C18H16N2O2S. The number of hydrogen-bond donors (Lipinski definition) is 1. The van der Waals surface area contributed by atoms with E-state index < -0.39 is 0 Å². The van der Waals surface area contributed by atoms with E-state index in [1.807, 2.05) is 55.5 Å². The highest BCUT2D eigenvalue weighted by molar-refractivity contribution is 7.22. The molecule has 0 spiro atoms. The van der Waals surface area contributed by atoms with E-state index in [0.717, 1.165) is 21.5 Å². The number of benzene rings is 2. The molecule has 0 aliphatic rings. The van der Waals surface area contributed by atoms with Crippen LogP contribution in [0.2, 0.25) is 0 Å². The molecule has 4 nitrogen and oxygen atoms in total. The Labute approximate surface area is 138 Å². The maximum Gasteiger partial charge on any atom is 0.250 e. The van der Waals surface area contributed by atoms with Crippen molar-refractivity contribution in [1.82, 2.24) is 4.98 Å². The zero-order valence-corrected chi connectivity index (χ0v) is 13.5. The van der Waals surface area contributed by atoms with Gasteiger partial charge in [-0.2, -0.15) is 0 Å². The van der Waals surface area contributed by atoms with E-state index in [1.165, 1.54) is 17.4 Å². The van der Waals surface area contributed by atoms with Crippen LogP contribution in [0.1, 0.15) is 12.5 Å². The molecule has 0 radical (unpaired) electrons. The summed E-state index contributed by atoms with van der Waals surface area (Å²) in [5.41, 5.74) is 1.83. The third kappa shape index (κ3) is 3.96. The standard InChI is InChI=1S/C18H16N2O2S/c1-2-22-14-10-7-13(8-11-14)9-12-17(21)20-18-19-15-5-3-4-6-16(15)23-18/h3-12H,2H2,1H3,(H,19,20,21)/b12-9+. The second-order valence-corrected chi connectivity index (χ2v) is 5.84. The largest absolute Gasteiger partial charge is 0.494 e. The molecule has 1 heterocycles. The van der Waals surface area contributed by atoms with Crippen LogP contribution in [0.15, 0.2) is 54.6 Å². The average Bonchev–Trinajstić information content (AvgIpc) is 2.96. The molecule has 0 aliphatic carbocycles. The Bertz CT molecular complexity index is 805. The Morgan fingerprint density at radius 3 is 2.74 bits per heavy atom. The van der Waals surface area contributed by atoms with Gasteiger partial charge in [0, 0.05) is 6.08 Å². The number of thiazole rings is 1. The van der Waals surface area contributed by atoms with Crippen molar-refractivity contribution in [2.24, 2.45) is 0 Å². The van der Waals surface area contributed by atoms with Gasteiger partial charge in [0.25, 0.3) is 0 Å². The molecule has 0 unspecified atom stereocenters. The second-order valence-electron chi connectivity index (χ2n) is 4.81. The maximum atomic E-state index is 12.0. The van der Waals surface area contributed by atoms with Crippen LogP contribution in [0.25, 0.3) is 16.3 Å². The van der Waals surface area contributed by atoms with E-state index in [2.05, 4.69) is 10.3 Å². The van der Waals surface area contributed by atoms with Crippen molar-refractivity contribution in [2.45, 2.75) is 6.92 Å². The first-order chi connectivity index (χ1) is 11.2. The van der Waals surface area contributed by atoms with Gasteiger partial charge in [-0.1, -0.05) is 35.6 Å². The van der Waals surface area contributed by atoms with Crippen molar-refractivity contribution in [3.63, 3.8) is 0 Å². The normalized spacial score (nSPS) is 11.0. The van der Waals surface area contributed by atoms with Gasteiger partial charge in [0.2, 0.25) is 5.91 Å². The van der Waals surface area contributed by atoms with E-state index >= 15 is 0 Å². The fourth-order valence-corrected chi connectivity index (χ4v) is 2.96. The topological polar surface area (TPSA) is 51.2 Å². The predicted octanol–water partition coefficient (Wildman–Crippen LogP) is 4.35. The molecule has 2 aromatic carbocycles. The van der Waals surface area contributed by atoms with Gasteiger partial charge in [0.15, 0.2) is 5.13 Å². The number of nitrogens with zero attached hydrogens (tertiary/aromatic N) is 1. The Morgan fingerprint density at radius 1 is 1.22 bits per heavy atom. The monoisotopic (exact) mass is 324 g/mol. The van der Waals surface area contributed by atoms with Gasteiger partial charge in [-0.3, -0.25) is 10.1 Å². The van der Waals surface area contributed by atoms with Crippen LogP contribution in [0, 0.1) is 0 Å². The van der Waals surface area contributed by atoms with Crippen molar-refractivity contribution in [3.8, 4) is 5.75 Å². The number of nitrogens with one attached hydrogen (secondary N) is 1. The molecule has 1 N–H and O–H groups in total. The van der Waals surface area contributed by atoms with Crippen molar-refractivity contribution < 1.29 is 9.53 Å². The predicted molar refractivity (Wildman–Crippen MR) is 94.9 cm³/mol. The van der Waals surface area contributed by atoms with E-state index in [0.29, 0.717) is 11.7 Å². The van der Waals surface area contributed by atoms with Gasteiger partial charge in [-0.05, 0) is 42.8 Å². The first kappa shape index (κ1) is 15.2. The Morgan fingerprint density at radius 2 is 2.00 bits per heavy atom. The smallest absolute Gasteiger partial charge is 0.250 e. The summed E-state index contributed by atoms with van der Waals surface area (Å²) in [5.74, 6) is 0.626. The summed E-state index contributed by atoms with van der Waals surface area (Å²) >= 11 is 1.46. The van der Waals surface area contributed by atoms with Crippen LogP contribution >= 0.6 is 11.3 Å². The molecule has 0 saturated heterocycles. The first-order valence-electron chi connectivity index (χ1n) is 7.32. The summed E-state index contributed by atoms with van der Waals surface area (Å²) in [6.07, 6.45) is 3.26. The van der Waals surface area contributed by atoms with Gasteiger partial charge >= 0.3 is 0 Å². The number of carbonyl (C=O) groups excluding carboxylic acids is 1. The molecule has 0 aliphatic heterocycles. The summed E-state index contributed by atoms with van der Waals surface area (Å²) in [7, 11) is 0. The highest BCUT2D eigenvalue weighted by atomic mass is 32.1. The summed E-state index contributed by atoms with van der Waals surface area (Å²) in [4.78, 5) is 16.4. The average molecular weight is 324 g/mol. The molecule has 116 valence electrons. The van der Waals surface area contributed by atoms with Crippen molar-refractivity contribution in [1.29, 1.82) is 0 Å². The molecule has 0 atom stereocenters. The summed E-state index contributed by atoms with van der Waals surface area (Å²) in [6, 6.07) is 15.4. The lowest BCUT2D eigenvalue weighted by atomic mass is 10.2. The fourth-order valence-electron chi connectivity index (χ4n) is 2.09. The van der Waals surface area contributed by atoms with Gasteiger partial charge in [-0.25, -0.2) is 4.98 Å². The van der Waals surface area contributed by atoms with Gasteiger partial charge in [0.05, 0.1) is 16.8 Å². The minimum absolute atomic E-state index is 0.196. The number of aromatic nitrogens is 1. The lowest BCUT2D eigenvalue weighted by Gasteiger charge is -2.02. The lowest BCUT2D eigenvalue weighted by molar-refractivity contribution is -0.111. The zero-order valence-electron chi connectivity index (χ0n) is 12.7. The molecule has 5 heteroatoms. The number of hydrogen-bond acceptors (Lipinski definition) is 4. The molecule has 0 saturated carbocycles. The molecule has 1 aromatic heterocycles.